The Hall–Kier alpha value is -3.30. The highest BCUT2D eigenvalue weighted by Crippen LogP contribution is 2.27. The van der Waals surface area contributed by atoms with Gasteiger partial charge in [0.25, 0.3) is 0 Å². The van der Waals surface area contributed by atoms with Crippen molar-refractivity contribution in [2.24, 2.45) is 5.92 Å². The maximum Gasteiger partial charge on any atom is 0.322 e. The fraction of sp³-hybridized carbons (Fsp3) is 0.600. The Kier molecular flexibility index (Phi) is 8.09. The van der Waals surface area contributed by atoms with Crippen molar-refractivity contribution in [2.45, 2.75) is 57.0 Å². The summed E-state index contributed by atoms with van der Waals surface area (Å²) in [5.41, 5.74) is 0.542. The molecule has 2 heterocycles. The molecule has 0 radical (unpaired) electrons. The number of anilines is 1. The lowest BCUT2D eigenvalue weighted by Gasteiger charge is -2.42. The minimum atomic E-state index is -0.892. The number of amides is 5. The second-order valence-electron chi connectivity index (χ2n) is 9.48. The molecule has 0 aromatic heterocycles. The van der Waals surface area contributed by atoms with Gasteiger partial charge >= 0.3 is 6.03 Å². The van der Waals surface area contributed by atoms with Crippen molar-refractivity contribution in [1.29, 1.82) is 0 Å². The molecule has 0 unspecified atom stereocenters. The Bertz CT molecular complexity index is 948. The SMILES string of the molecule is COc1cccc(NC(=O)N2CCN(C(=O)C3CCCCC3)C[C@@H]2C(=O)N[C@@H]2CCCNC2=O)c1. The number of piperazine rings is 1. The third-order valence-electron chi connectivity index (χ3n) is 7.13. The Morgan fingerprint density at radius 2 is 1.86 bits per heavy atom. The van der Waals surface area contributed by atoms with Gasteiger partial charge in [0.05, 0.1) is 13.7 Å². The molecule has 10 nitrogen and oxygen atoms in total. The minimum absolute atomic E-state index is 0.0197. The zero-order valence-electron chi connectivity index (χ0n) is 20.3. The molecule has 2 saturated heterocycles. The summed E-state index contributed by atoms with van der Waals surface area (Å²) in [7, 11) is 1.55. The van der Waals surface area contributed by atoms with Gasteiger partial charge in [0.15, 0.2) is 0 Å². The largest absolute Gasteiger partial charge is 0.497 e. The summed E-state index contributed by atoms with van der Waals surface area (Å²) in [5.74, 6) is -0.000255. The Morgan fingerprint density at radius 3 is 2.60 bits per heavy atom. The van der Waals surface area contributed by atoms with Crippen LogP contribution in [-0.4, -0.2) is 78.9 Å². The van der Waals surface area contributed by atoms with E-state index in [1.54, 1.807) is 36.3 Å². The Labute approximate surface area is 205 Å². The van der Waals surface area contributed by atoms with Crippen LogP contribution >= 0.6 is 0 Å². The van der Waals surface area contributed by atoms with Gasteiger partial charge in [-0.2, -0.15) is 0 Å². The van der Waals surface area contributed by atoms with Crippen LogP contribution in [0.15, 0.2) is 24.3 Å². The molecule has 3 fully saturated rings. The van der Waals surface area contributed by atoms with Crippen molar-refractivity contribution >= 4 is 29.4 Å². The number of rotatable bonds is 5. The zero-order valence-corrected chi connectivity index (χ0v) is 20.3. The fourth-order valence-electron chi connectivity index (χ4n) is 5.13. The van der Waals surface area contributed by atoms with Gasteiger partial charge in [0, 0.05) is 37.3 Å². The average Bonchev–Trinajstić information content (AvgIpc) is 2.89. The van der Waals surface area contributed by atoms with Gasteiger partial charge in [-0.25, -0.2) is 4.79 Å². The average molecular weight is 486 g/mol. The van der Waals surface area contributed by atoms with E-state index in [4.69, 9.17) is 4.74 Å². The number of hydrogen-bond donors (Lipinski definition) is 3. The topological polar surface area (TPSA) is 120 Å². The van der Waals surface area contributed by atoms with Crippen LogP contribution in [0.3, 0.4) is 0 Å². The van der Waals surface area contributed by atoms with Crippen LogP contribution in [-0.2, 0) is 14.4 Å². The van der Waals surface area contributed by atoms with Crippen LogP contribution in [0, 0.1) is 5.92 Å². The van der Waals surface area contributed by atoms with E-state index in [0.29, 0.717) is 30.9 Å². The van der Waals surface area contributed by atoms with E-state index >= 15 is 0 Å². The van der Waals surface area contributed by atoms with Crippen LogP contribution in [0.2, 0.25) is 0 Å². The molecular formula is C25H35N5O5. The minimum Gasteiger partial charge on any atom is -0.497 e. The summed E-state index contributed by atoms with van der Waals surface area (Å²) < 4.78 is 5.22. The highest BCUT2D eigenvalue weighted by Gasteiger charge is 2.40. The summed E-state index contributed by atoms with van der Waals surface area (Å²) in [4.78, 5) is 55.2. The second kappa shape index (κ2) is 11.4. The maximum absolute atomic E-state index is 13.4. The number of urea groups is 1. The molecular weight excluding hydrogens is 450 g/mol. The van der Waals surface area contributed by atoms with Gasteiger partial charge in [0.1, 0.15) is 17.8 Å². The van der Waals surface area contributed by atoms with Crippen LogP contribution in [0.5, 0.6) is 5.75 Å². The summed E-state index contributed by atoms with van der Waals surface area (Å²) in [6, 6.07) is 5.02. The first kappa shape index (κ1) is 24.8. The van der Waals surface area contributed by atoms with E-state index < -0.39 is 24.0 Å². The van der Waals surface area contributed by atoms with Gasteiger partial charge in [-0.1, -0.05) is 25.3 Å². The quantitative estimate of drug-likeness (QED) is 0.587. The number of methoxy groups -OCH3 is 1. The monoisotopic (exact) mass is 485 g/mol. The molecule has 2 aliphatic heterocycles. The Balaban J connectivity index is 1.49. The molecule has 2 atom stereocenters. The van der Waals surface area contributed by atoms with Crippen molar-refractivity contribution in [3.05, 3.63) is 24.3 Å². The highest BCUT2D eigenvalue weighted by molar-refractivity contribution is 5.96. The molecule has 5 amide bonds. The number of carbonyl (C=O) groups is 4. The second-order valence-corrected chi connectivity index (χ2v) is 9.48. The van der Waals surface area contributed by atoms with E-state index in [9.17, 15) is 19.2 Å². The predicted octanol–water partition coefficient (Wildman–Crippen LogP) is 1.72. The molecule has 1 aromatic carbocycles. The molecule has 1 saturated carbocycles. The summed E-state index contributed by atoms with van der Waals surface area (Å²) in [6.45, 7) is 1.30. The van der Waals surface area contributed by atoms with Crippen molar-refractivity contribution in [3.63, 3.8) is 0 Å². The smallest absolute Gasteiger partial charge is 0.322 e. The number of nitrogens with zero attached hydrogens (tertiary/aromatic N) is 2. The molecule has 3 N–H and O–H groups in total. The molecule has 35 heavy (non-hydrogen) atoms. The van der Waals surface area contributed by atoms with Gasteiger partial charge < -0.3 is 30.5 Å². The molecule has 1 aromatic rings. The predicted molar refractivity (Wildman–Crippen MR) is 130 cm³/mol. The number of carbonyl (C=O) groups excluding carboxylic acids is 4. The van der Waals surface area contributed by atoms with Crippen LogP contribution in [0.1, 0.15) is 44.9 Å². The van der Waals surface area contributed by atoms with Gasteiger partial charge in [0.2, 0.25) is 17.7 Å². The molecule has 190 valence electrons. The molecule has 0 bridgehead atoms. The lowest BCUT2D eigenvalue weighted by molar-refractivity contribution is -0.142. The van der Waals surface area contributed by atoms with Crippen molar-refractivity contribution in [2.75, 3.05) is 38.6 Å². The first-order valence-electron chi connectivity index (χ1n) is 12.5. The number of benzene rings is 1. The van der Waals surface area contributed by atoms with E-state index in [2.05, 4.69) is 16.0 Å². The lowest BCUT2D eigenvalue weighted by atomic mass is 9.88. The normalized spacial score (nSPS) is 23.3. The summed E-state index contributed by atoms with van der Waals surface area (Å²) in [5, 5.41) is 8.41. The van der Waals surface area contributed by atoms with Crippen LogP contribution < -0.4 is 20.7 Å². The van der Waals surface area contributed by atoms with Gasteiger partial charge in [-0.15, -0.1) is 0 Å². The van der Waals surface area contributed by atoms with E-state index in [1.807, 2.05) is 0 Å². The maximum atomic E-state index is 13.4. The molecule has 3 aliphatic rings. The van der Waals surface area contributed by atoms with E-state index in [0.717, 1.165) is 38.5 Å². The molecule has 4 rings (SSSR count). The van der Waals surface area contributed by atoms with Gasteiger partial charge in [-0.05, 0) is 37.8 Å². The van der Waals surface area contributed by atoms with Crippen molar-refractivity contribution in [3.8, 4) is 5.75 Å². The molecule has 0 spiro atoms. The van der Waals surface area contributed by atoms with E-state index in [1.165, 1.54) is 4.90 Å². The summed E-state index contributed by atoms with van der Waals surface area (Å²) >= 11 is 0. The Morgan fingerprint density at radius 1 is 1.06 bits per heavy atom. The zero-order chi connectivity index (χ0) is 24.8. The number of hydrogen-bond acceptors (Lipinski definition) is 5. The third-order valence-corrected chi connectivity index (χ3v) is 7.13. The third kappa shape index (κ3) is 6.04. The summed E-state index contributed by atoms with van der Waals surface area (Å²) in [6.07, 6.45) is 6.29. The van der Waals surface area contributed by atoms with Crippen LogP contribution in [0.25, 0.3) is 0 Å². The lowest BCUT2D eigenvalue weighted by Crippen LogP contribution is -2.64. The number of nitrogens with one attached hydrogen (secondary N) is 3. The molecule has 10 heteroatoms. The van der Waals surface area contributed by atoms with Crippen molar-refractivity contribution in [1.82, 2.24) is 20.4 Å². The van der Waals surface area contributed by atoms with Crippen LogP contribution in [0.4, 0.5) is 10.5 Å². The number of ether oxygens (including phenoxy) is 1. The van der Waals surface area contributed by atoms with Gasteiger partial charge in [-0.3, -0.25) is 14.4 Å². The fourth-order valence-corrected chi connectivity index (χ4v) is 5.13. The molecule has 1 aliphatic carbocycles. The first-order valence-corrected chi connectivity index (χ1v) is 12.5. The van der Waals surface area contributed by atoms with Crippen molar-refractivity contribution < 1.29 is 23.9 Å². The standard InChI is InChI=1S/C25H35N5O5/c1-35-19-10-5-9-18(15-19)27-25(34)30-14-13-29(24(33)17-7-3-2-4-8-17)16-21(30)23(32)28-20-11-6-12-26-22(20)31/h5,9-10,15,17,20-21H,2-4,6-8,11-14,16H2,1H3,(H,26,31)(H,27,34)(H,28,32)/t20-,21-/m1/s1. The number of piperidine rings is 1. The van der Waals surface area contributed by atoms with E-state index in [-0.39, 0.29) is 30.8 Å². The highest BCUT2D eigenvalue weighted by atomic mass is 16.5. The first-order chi connectivity index (χ1) is 17.0.